The number of hydrogen-bond donors (Lipinski definition) is 0. The number of carbonyl (C=O) groups excluding carboxylic acids is 2. The van der Waals surface area contributed by atoms with Gasteiger partial charge in [0.15, 0.2) is 16.7 Å². The van der Waals surface area contributed by atoms with E-state index in [1.807, 2.05) is 12.1 Å². The number of amidine groups is 1. The van der Waals surface area contributed by atoms with Gasteiger partial charge < -0.3 is 14.2 Å². The summed E-state index contributed by atoms with van der Waals surface area (Å²) in [7, 11) is 3.22. The molecule has 0 bridgehead atoms. The third-order valence-electron chi connectivity index (χ3n) is 5.47. The fourth-order valence-electron chi connectivity index (χ4n) is 3.48. The van der Waals surface area contributed by atoms with Crippen LogP contribution in [-0.4, -0.2) is 42.7 Å². The molecule has 0 N–H and O–H groups in total. The highest BCUT2D eigenvalue weighted by atomic mass is 35.5. The molecule has 0 unspecified atom stereocenters. The maximum Gasteiger partial charge on any atom is 0.338 e. The van der Waals surface area contributed by atoms with E-state index in [2.05, 4.69) is 4.99 Å². The number of aliphatic imine (C=N–C) groups is 1. The van der Waals surface area contributed by atoms with Crippen LogP contribution >= 0.6 is 35.0 Å². The molecule has 1 amide bonds. The van der Waals surface area contributed by atoms with Crippen LogP contribution in [0.4, 0.5) is 5.69 Å². The van der Waals surface area contributed by atoms with Crippen LogP contribution in [0.25, 0.3) is 6.08 Å². The van der Waals surface area contributed by atoms with E-state index in [4.69, 9.17) is 37.4 Å². The molecule has 7 nitrogen and oxygen atoms in total. The summed E-state index contributed by atoms with van der Waals surface area (Å²) in [6.07, 6.45) is 1.78. The van der Waals surface area contributed by atoms with Crippen molar-refractivity contribution in [1.29, 1.82) is 0 Å². The molecule has 4 rings (SSSR count). The molecular weight excluding hydrogens is 547 g/mol. The van der Waals surface area contributed by atoms with Crippen LogP contribution in [0.1, 0.15) is 28.4 Å². The summed E-state index contributed by atoms with van der Waals surface area (Å²) in [6, 6.07) is 17.5. The Morgan fingerprint density at radius 2 is 1.79 bits per heavy atom. The Bertz CT molecular complexity index is 1420. The summed E-state index contributed by atoms with van der Waals surface area (Å²) < 4.78 is 16.4. The van der Waals surface area contributed by atoms with Crippen molar-refractivity contribution in [3.63, 3.8) is 0 Å². The van der Waals surface area contributed by atoms with Gasteiger partial charge in [-0.05, 0) is 84.4 Å². The van der Waals surface area contributed by atoms with E-state index in [1.54, 1.807) is 75.7 Å². The summed E-state index contributed by atoms with van der Waals surface area (Å²) in [5, 5.41) is 1.47. The summed E-state index contributed by atoms with van der Waals surface area (Å²) in [5.74, 6) is 0.520. The van der Waals surface area contributed by atoms with Gasteiger partial charge in [0.25, 0.3) is 5.91 Å². The number of carbonyl (C=O) groups is 2. The molecule has 1 heterocycles. The van der Waals surface area contributed by atoms with E-state index in [9.17, 15) is 9.59 Å². The molecule has 0 spiro atoms. The van der Waals surface area contributed by atoms with Crippen molar-refractivity contribution in [2.45, 2.75) is 13.5 Å². The lowest BCUT2D eigenvalue weighted by Crippen LogP contribution is -2.23. The number of methoxy groups -OCH3 is 1. The van der Waals surface area contributed by atoms with Crippen molar-refractivity contribution in [2.24, 2.45) is 4.99 Å². The van der Waals surface area contributed by atoms with E-state index in [-0.39, 0.29) is 18.5 Å². The van der Waals surface area contributed by atoms with Gasteiger partial charge in [0.2, 0.25) is 0 Å². The van der Waals surface area contributed by atoms with Gasteiger partial charge in [-0.25, -0.2) is 9.79 Å². The SMILES string of the molecule is CCOC(=O)c1ccc(N=C2S/C(=C\c3ccc(OCc4ccc(Cl)c(Cl)c4)c(OC)c3)C(=O)N2C)cc1. The first-order valence-electron chi connectivity index (χ1n) is 11.6. The quantitative estimate of drug-likeness (QED) is 0.214. The average molecular weight is 571 g/mol. The second-order valence-electron chi connectivity index (χ2n) is 8.08. The third-order valence-corrected chi connectivity index (χ3v) is 7.27. The fourth-order valence-corrected chi connectivity index (χ4v) is 4.79. The van der Waals surface area contributed by atoms with Gasteiger partial charge in [0.05, 0.1) is 39.9 Å². The molecule has 196 valence electrons. The Labute approximate surface area is 235 Å². The Hall–Kier alpha value is -3.46. The van der Waals surface area contributed by atoms with Crippen LogP contribution in [0.15, 0.2) is 70.6 Å². The highest BCUT2D eigenvalue weighted by Crippen LogP contribution is 2.35. The first-order valence-corrected chi connectivity index (χ1v) is 13.1. The highest BCUT2D eigenvalue weighted by molar-refractivity contribution is 8.18. The first-order chi connectivity index (χ1) is 18.3. The molecular formula is C28H24Cl2N2O5S. The summed E-state index contributed by atoms with van der Waals surface area (Å²) in [4.78, 5) is 31.3. The number of amides is 1. The number of halogens is 2. The second kappa shape index (κ2) is 12.4. The normalized spacial score (nSPS) is 15.3. The van der Waals surface area contributed by atoms with Crippen molar-refractivity contribution >= 4 is 63.8 Å². The molecule has 0 saturated carbocycles. The number of benzene rings is 3. The molecule has 3 aromatic rings. The number of ether oxygens (including phenoxy) is 3. The van der Waals surface area contributed by atoms with E-state index in [0.717, 1.165) is 11.1 Å². The highest BCUT2D eigenvalue weighted by Gasteiger charge is 2.30. The zero-order valence-electron chi connectivity index (χ0n) is 20.9. The largest absolute Gasteiger partial charge is 0.493 e. The lowest BCUT2D eigenvalue weighted by Gasteiger charge is -2.12. The maximum absolute atomic E-state index is 12.9. The van der Waals surface area contributed by atoms with Crippen LogP contribution < -0.4 is 9.47 Å². The van der Waals surface area contributed by atoms with Gasteiger partial charge >= 0.3 is 5.97 Å². The standard InChI is InChI=1S/C28H24Cl2N2O5S/c1-4-36-27(34)19-7-9-20(10-8-19)31-28-32(2)26(33)25(38-28)15-17-6-12-23(24(14-17)35-3)37-16-18-5-11-21(29)22(30)13-18/h5-15H,4,16H2,1-3H3/b25-15-,31-28?. The summed E-state index contributed by atoms with van der Waals surface area (Å²) in [5.41, 5.74) is 2.70. The molecule has 0 aliphatic carbocycles. The van der Waals surface area contributed by atoms with Crippen molar-refractivity contribution < 1.29 is 23.8 Å². The number of nitrogens with zero attached hydrogens (tertiary/aromatic N) is 2. The smallest absolute Gasteiger partial charge is 0.338 e. The number of esters is 1. The van der Waals surface area contributed by atoms with E-state index >= 15 is 0 Å². The minimum atomic E-state index is -0.388. The molecule has 38 heavy (non-hydrogen) atoms. The number of hydrogen-bond acceptors (Lipinski definition) is 7. The minimum absolute atomic E-state index is 0.171. The lowest BCUT2D eigenvalue weighted by molar-refractivity contribution is -0.121. The van der Waals surface area contributed by atoms with Gasteiger partial charge in [0, 0.05) is 7.05 Å². The van der Waals surface area contributed by atoms with Crippen LogP contribution in [0, 0.1) is 0 Å². The Morgan fingerprint density at radius 1 is 1.03 bits per heavy atom. The van der Waals surface area contributed by atoms with Gasteiger partial charge in [-0.15, -0.1) is 0 Å². The van der Waals surface area contributed by atoms with Gasteiger partial charge in [0.1, 0.15) is 6.61 Å². The lowest BCUT2D eigenvalue weighted by atomic mass is 10.2. The Morgan fingerprint density at radius 3 is 2.47 bits per heavy atom. The molecule has 10 heteroatoms. The summed E-state index contributed by atoms with van der Waals surface area (Å²) >= 11 is 13.3. The number of thioether (sulfide) groups is 1. The maximum atomic E-state index is 12.9. The zero-order valence-corrected chi connectivity index (χ0v) is 23.2. The van der Waals surface area contributed by atoms with Crippen LogP contribution in [0.3, 0.4) is 0 Å². The average Bonchev–Trinajstić information content (AvgIpc) is 3.17. The third kappa shape index (κ3) is 6.51. The number of likely N-dealkylation sites (N-methyl/N-ethyl adjacent to an activating group) is 1. The topological polar surface area (TPSA) is 77.4 Å². The van der Waals surface area contributed by atoms with Gasteiger partial charge in [-0.3, -0.25) is 9.69 Å². The predicted octanol–water partition coefficient (Wildman–Crippen LogP) is 6.99. The van der Waals surface area contributed by atoms with Crippen molar-refractivity contribution in [2.75, 3.05) is 20.8 Å². The van der Waals surface area contributed by atoms with Crippen LogP contribution in [0.2, 0.25) is 10.0 Å². The Kier molecular flexibility index (Phi) is 8.99. The predicted molar refractivity (Wildman–Crippen MR) is 152 cm³/mol. The molecule has 1 aliphatic rings. The van der Waals surface area contributed by atoms with Crippen LogP contribution in [0.5, 0.6) is 11.5 Å². The molecule has 1 aliphatic heterocycles. The number of rotatable bonds is 8. The summed E-state index contributed by atoms with van der Waals surface area (Å²) in [6.45, 7) is 2.35. The van der Waals surface area contributed by atoms with E-state index in [0.29, 0.717) is 49.5 Å². The molecule has 0 aromatic heterocycles. The van der Waals surface area contributed by atoms with Crippen LogP contribution in [-0.2, 0) is 16.1 Å². The van der Waals surface area contributed by atoms with Gasteiger partial charge in [-0.1, -0.05) is 35.3 Å². The van der Waals surface area contributed by atoms with E-state index < -0.39 is 0 Å². The van der Waals surface area contributed by atoms with Crippen molar-refractivity contribution in [1.82, 2.24) is 4.90 Å². The second-order valence-corrected chi connectivity index (χ2v) is 9.91. The zero-order chi connectivity index (χ0) is 27.2. The van der Waals surface area contributed by atoms with Gasteiger partial charge in [-0.2, -0.15) is 0 Å². The monoisotopic (exact) mass is 570 g/mol. The fraction of sp³-hybridized carbons (Fsp3) is 0.179. The first kappa shape index (κ1) is 27.6. The molecule has 0 radical (unpaired) electrons. The van der Waals surface area contributed by atoms with Crippen molar-refractivity contribution in [3.05, 3.63) is 92.3 Å². The van der Waals surface area contributed by atoms with E-state index in [1.165, 1.54) is 16.7 Å². The molecule has 0 atom stereocenters. The molecule has 3 aromatic carbocycles. The molecule has 1 saturated heterocycles. The minimum Gasteiger partial charge on any atom is -0.493 e. The molecule has 1 fully saturated rings. The Balaban J connectivity index is 1.48. The van der Waals surface area contributed by atoms with Crippen molar-refractivity contribution in [3.8, 4) is 11.5 Å².